The van der Waals surface area contributed by atoms with Gasteiger partial charge in [-0.15, -0.1) is 0 Å². The summed E-state index contributed by atoms with van der Waals surface area (Å²) in [5, 5.41) is 9.14. The maximum absolute atomic E-state index is 11.9. The van der Waals surface area contributed by atoms with Crippen molar-refractivity contribution in [2.24, 2.45) is 0 Å². The van der Waals surface area contributed by atoms with Crippen LogP contribution in [-0.4, -0.2) is 40.5 Å². The Morgan fingerprint density at radius 3 is 2.37 bits per heavy atom. The molecule has 1 N–H and O–H groups in total. The molecule has 0 saturated heterocycles. The number of hydrogen-bond donors (Lipinski definition) is 1. The largest absolute Gasteiger partial charge is 0.478 e. The van der Waals surface area contributed by atoms with E-state index in [1.54, 1.807) is 27.9 Å². The molecule has 0 saturated carbocycles. The second kappa shape index (κ2) is 5.69. The van der Waals surface area contributed by atoms with E-state index in [1.165, 1.54) is 15.5 Å². The van der Waals surface area contributed by atoms with E-state index < -0.39 is 5.97 Å². The standard InChI is InChI=1S/C13H18N2O4/c1-8-7-11(17)15(6-5-10(16)14(3)4)9(2)12(8)13(18)19/h7H,5-6H2,1-4H3,(H,18,19). The van der Waals surface area contributed by atoms with E-state index in [2.05, 4.69) is 0 Å². The van der Waals surface area contributed by atoms with Gasteiger partial charge < -0.3 is 14.6 Å². The molecular formula is C13H18N2O4. The van der Waals surface area contributed by atoms with Crippen LogP contribution in [0.25, 0.3) is 0 Å². The van der Waals surface area contributed by atoms with E-state index in [-0.39, 0.29) is 30.0 Å². The minimum atomic E-state index is -1.07. The SMILES string of the molecule is Cc1cc(=O)n(CCC(=O)N(C)C)c(C)c1C(=O)O. The average Bonchev–Trinajstić information content (AvgIpc) is 2.26. The highest BCUT2D eigenvalue weighted by atomic mass is 16.4. The molecule has 1 rings (SSSR count). The van der Waals surface area contributed by atoms with Crippen LogP contribution < -0.4 is 5.56 Å². The predicted octanol–water partition coefficient (Wildman–Crippen LogP) is 0.642. The zero-order valence-electron chi connectivity index (χ0n) is 11.6. The van der Waals surface area contributed by atoms with Gasteiger partial charge in [-0.2, -0.15) is 0 Å². The summed E-state index contributed by atoms with van der Waals surface area (Å²) in [5.74, 6) is -1.17. The van der Waals surface area contributed by atoms with Gasteiger partial charge in [0.05, 0.1) is 5.56 Å². The fourth-order valence-corrected chi connectivity index (χ4v) is 1.95. The number of amides is 1. The Labute approximate surface area is 111 Å². The Kier molecular flexibility index (Phi) is 4.47. The lowest BCUT2D eigenvalue weighted by Gasteiger charge is -2.15. The second-order valence-corrected chi connectivity index (χ2v) is 4.62. The molecule has 0 aliphatic carbocycles. The highest BCUT2D eigenvalue weighted by Crippen LogP contribution is 2.11. The zero-order valence-corrected chi connectivity index (χ0v) is 11.6. The van der Waals surface area contributed by atoms with Crippen molar-refractivity contribution in [3.8, 4) is 0 Å². The zero-order chi connectivity index (χ0) is 14.7. The normalized spacial score (nSPS) is 10.3. The first kappa shape index (κ1) is 14.9. The third kappa shape index (κ3) is 3.21. The summed E-state index contributed by atoms with van der Waals surface area (Å²) < 4.78 is 1.33. The van der Waals surface area contributed by atoms with Crippen molar-refractivity contribution in [2.75, 3.05) is 14.1 Å². The van der Waals surface area contributed by atoms with Crippen molar-refractivity contribution in [3.63, 3.8) is 0 Å². The quantitative estimate of drug-likeness (QED) is 0.867. The summed E-state index contributed by atoms with van der Waals surface area (Å²) in [6, 6.07) is 1.29. The topological polar surface area (TPSA) is 79.6 Å². The molecule has 0 aliphatic heterocycles. The highest BCUT2D eigenvalue weighted by Gasteiger charge is 2.16. The third-order valence-electron chi connectivity index (χ3n) is 3.03. The van der Waals surface area contributed by atoms with Crippen molar-refractivity contribution in [1.82, 2.24) is 9.47 Å². The lowest BCUT2D eigenvalue weighted by Crippen LogP contribution is -2.29. The summed E-state index contributed by atoms with van der Waals surface area (Å²) in [6.45, 7) is 3.35. The molecular weight excluding hydrogens is 248 g/mol. The third-order valence-corrected chi connectivity index (χ3v) is 3.03. The van der Waals surface area contributed by atoms with Crippen LogP contribution in [0.3, 0.4) is 0 Å². The van der Waals surface area contributed by atoms with E-state index in [0.717, 1.165) is 0 Å². The average molecular weight is 266 g/mol. The monoisotopic (exact) mass is 266 g/mol. The molecule has 0 atom stereocenters. The number of rotatable bonds is 4. The molecule has 0 spiro atoms. The predicted molar refractivity (Wildman–Crippen MR) is 70.4 cm³/mol. The van der Waals surface area contributed by atoms with Gasteiger partial charge in [0, 0.05) is 38.8 Å². The number of carboxylic acid groups (broad SMARTS) is 1. The van der Waals surface area contributed by atoms with Crippen LogP contribution in [0.5, 0.6) is 0 Å². The first-order chi connectivity index (χ1) is 8.75. The van der Waals surface area contributed by atoms with E-state index in [4.69, 9.17) is 5.11 Å². The van der Waals surface area contributed by atoms with Crippen LogP contribution in [0, 0.1) is 13.8 Å². The maximum atomic E-state index is 11.9. The van der Waals surface area contributed by atoms with Crippen LogP contribution >= 0.6 is 0 Å². The number of carboxylic acids is 1. The smallest absolute Gasteiger partial charge is 0.337 e. The van der Waals surface area contributed by atoms with Gasteiger partial charge in [-0.1, -0.05) is 0 Å². The van der Waals surface area contributed by atoms with Gasteiger partial charge in [0.2, 0.25) is 5.91 Å². The fourth-order valence-electron chi connectivity index (χ4n) is 1.95. The van der Waals surface area contributed by atoms with Crippen molar-refractivity contribution in [3.05, 3.63) is 33.2 Å². The molecule has 0 fully saturated rings. The van der Waals surface area contributed by atoms with Gasteiger partial charge >= 0.3 is 5.97 Å². The molecule has 0 aromatic carbocycles. The first-order valence-electron chi connectivity index (χ1n) is 5.90. The van der Waals surface area contributed by atoms with Crippen molar-refractivity contribution < 1.29 is 14.7 Å². The van der Waals surface area contributed by atoms with Crippen LogP contribution in [0.15, 0.2) is 10.9 Å². The van der Waals surface area contributed by atoms with Gasteiger partial charge in [-0.05, 0) is 19.4 Å². The van der Waals surface area contributed by atoms with Crippen molar-refractivity contribution in [1.29, 1.82) is 0 Å². The Bertz CT molecular complexity index is 573. The van der Waals surface area contributed by atoms with E-state index in [0.29, 0.717) is 11.3 Å². The van der Waals surface area contributed by atoms with Gasteiger partial charge in [-0.25, -0.2) is 4.79 Å². The molecule has 1 aromatic rings. The van der Waals surface area contributed by atoms with E-state index in [1.807, 2.05) is 0 Å². The molecule has 104 valence electrons. The molecule has 6 nitrogen and oxygen atoms in total. The molecule has 19 heavy (non-hydrogen) atoms. The Hall–Kier alpha value is -2.11. The van der Waals surface area contributed by atoms with E-state index in [9.17, 15) is 14.4 Å². The summed E-state index contributed by atoms with van der Waals surface area (Å²) >= 11 is 0. The molecule has 1 aromatic heterocycles. The molecule has 0 radical (unpaired) electrons. The summed E-state index contributed by atoms with van der Waals surface area (Å²) in [5.41, 5.74) is 0.651. The second-order valence-electron chi connectivity index (χ2n) is 4.62. The summed E-state index contributed by atoms with van der Waals surface area (Å²) in [6.07, 6.45) is 0.163. The van der Waals surface area contributed by atoms with Crippen molar-refractivity contribution >= 4 is 11.9 Å². The van der Waals surface area contributed by atoms with Gasteiger partial charge in [0.1, 0.15) is 0 Å². The number of aryl methyl sites for hydroxylation is 1. The number of aromatic carboxylic acids is 1. The molecule has 0 bridgehead atoms. The number of aromatic nitrogens is 1. The summed E-state index contributed by atoms with van der Waals surface area (Å²) in [7, 11) is 3.27. The molecule has 1 heterocycles. The molecule has 0 unspecified atom stereocenters. The van der Waals surface area contributed by atoms with Crippen LogP contribution in [0.1, 0.15) is 28.0 Å². The number of hydrogen-bond acceptors (Lipinski definition) is 3. The fraction of sp³-hybridized carbons (Fsp3) is 0.462. The minimum Gasteiger partial charge on any atom is -0.478 e. The molecule has 1 amide bonds. The van der Waals surface area contributed by atoms with Crippen molar-refractivity contribution in [2.45, 2.75) is 26.8 Å². The van der Waals surface area contributed by atoms with Crippen LogP contribution in [-0.2, 0) is 11.3 Å². The lowest BCUT2D eigenvalue weighted by atomic mass is 10.1. The Morgan fingerprint density at radius 1 is 1.32 bits per heavy atom. The van der Waals surface area contributed by atoms with Crippen LogP contribution in [0.4, 0.5) is 0 Å². The van der Waals surface area contributed by atoms with Gasteiger partial charge in [0.15, 0.2) is 0 Å². The molecule has 0 aliphatic rings. The number of nitrogens with zero attached hydrogens (tertiary/aromatic N) is 2. The number of carbonyl (C=O) groups is 2. The summed E-state index contributed by atoms with van der Waals surface area (Å²) in [4.78, 5) is 36.0. The Morgan fingerprint density at radius 2 is 1.89 bits per heavy atom. The van der Waals surface area contributed by atoms with Gasteiger partial charge in [0.25, 0.3) is 5.56 Å². The van der Waals surface area contributed by atoms with E-state index >= 15 is 0 Å². The first-order valence-corrected chi connectivity index (χ1v) is 5.90. The lowest BCUT2D eigenvalue weighted by molar-refractivity contribution is -0.128. The minimum absolute atomic E-state index is 0.108. The number of pyridine rings is 1. The maximum Gasteiger partial charge on any atom is 0.337 e. The van der Waals surface area contributed by atoms with Crippen LogP contribution in [0.2, 0.25) is 0 Å². The molecule has 6 heteroatoms. The number of carbonyl (C=O) groups excluding carboxylic acids is 1. The van der Waals surface area contributed by atoms with Gasteiger partial charge in [-0.3, -0.25) is 9.59 Å². The highest BCUT2D eigenvalue weighted by molar-refractivity contribution is 5.90. The Balaban J connectivity index is 3.15.